The molecule has 0 spiro atoms. The number of hydrogen-bond acceptors (Lipinski definition) is 3. The summed E-state index contributed by atoms with van der Waals surface area (Å²) in [6, 6.07) is 2.56. The molecule has 0 saturated carbocycles. The zero-order valence-electron chi connectivity index (χ0n) is 13.5. The van der Waals surface area contributed by atoms with Gasteiger partial charge in [-0.3, -0.25) is 0 Å². The van der Waals surface area contributed by atoms with Gasteiger partial charge in [0.1, 0.15) is 0 Å². The molecule has 0 aromatic heterocycles. The van der Waals surface area contributed by atoms with Crippen molar-refractivity contribution < 1.29 is 68.7 Å². The molecule has 0 bridgehead atoms. The van der Waals surface area contributed by atoms with Crippen LogP contribution < -0.4 is 0 Å². The summed E-state index contributed by atoms with van der Waals surface area (Å²) in [5.74, 6) is -2.06. The molecule has 0 atom stereocenters. The first-order valence-corrected chi connectivity index (χ1v) is 9.74. The van der Waals surface area contributed by atoms with Gasteiger partial charge in [-0.15, -0.1) is 0 Å². The molecule has 17 heteroatoms. The molecule has 0 fully saturated rings. The van der Waals surface area contributed by atoms with E-state index in [1.54, 1.807) is 0 Å². The Morgan fingerprint density at radius 3 is 1.37 bits per heavy atom. The van der Waals surface area contributed by atoms with Gasteiger partial charge in [0.25, 0.3) is 0 Å². The molecular weight excluding hydrogens is 575 g/mol. The first-order chi connectivity index (χ1) is 13.3. The van der Waals surface area contributed by atoms with Crippen LogP contribution in [0, 0.1) is 3.57 Å². The minimum atomic E-state index is -6.30. The first-order valence-electron chi connectivity index (χ1n) is 6.90. The Labute approximate surface area is 166 Å². The fourth-order valence-corrected chi connectivity index (χ4v) is 5.75. The van der Waals surface area contributed by atoms with Gasteiger partial charge in [-0.2, -0.15) is 0 Å². The minimum absolute atomic E-state index is 0.405. The Hall–Kier alpha value is -1.50. The predicted molar refractivity (Wildman–Crippen MR) is 80.1 cm³/mol. The predicted octanol–water partition coefficient (Wildman–Crippen LogP) is 5.91. The molecule has 0 aliphatic carbocycles. The number of aromatic carboxylic acids is 1. The van der Waals surface area contributed by atoms with Gasteiger partial charge in [0.05, 0.1) is 0 Å². The third kappa shape index (κ3) is 7.03. The average molecular weight is 582 g/mol. The van der Waals surface area contributed by atoms with Gasteiger partial charge in [-0.25, -0.2) is 0 Å². The van der Waals surface area contributed by atoms with Crippen LogP contribution in [0.3, 0.4) is 0 Å². The maximum absolute atomic E-state index is 12.7. The number of hydrogen-bond donors (Lipinski definition) is 1. The summed E-state index contributed by atoms with van der Waals surface area (Å²) in [5.41, 5.74) is -1.19. The molecule has 174 valence electrons. The van der Waals surface area contributed by atoms with Crippen molar-refractivity contribution >= 4 is 26.6 Å². The molecule has 0 aliphatic rings. The molecule has 0 aliphatic heterocycles. The van der Waals surface area contributed by atoms with E-state index in [0.717, 1.165) is 12.1 Å². The van der Waals surface area contributed by atoms with E-state index in [4.69, 9.17) is 5.11 Å². The standard InChI is InChI=1S/C13H7F12IO4/c14-10(15,16)8(11(17,18)19)29-26(6-4-2-1-3-5(6)7(27)28)30-9(12(20,21)22)13(23,24)25/h1-4,8-9H,(H,27,28). The number of carboxylic acids is 1. The molecule has 30 heavy (non-hydrogen) atoms. The Kier molecular flexibility index (Phi) is 7.90. The number of carbonyl (C=O) groups is 1. The summed E-state index contributed by atoms with van der Waals surface area (Å²) in [6.45, 7) is 0. The first kappa shape index (κ1) is 26.5. The van der Waals surface area contributed by atoms with Crippen LogP contribution in [0.1, 0.15) is 10.4 Å². The topological polar surface area (TPSA) is 55.8 Å². The summed E-state index contributed by atoms with van der Waals surface area (Å²) >= 11 is -5.69. The van der Waals surface area contributed by atoms with Gasteiger partial charge in [-0.1, -0.05) is 0 Å². The van der Waals surface area contributed by atoms with Crippen molar-refractivity contribution in [3.05, 3.63) is 33.4 Å². The number of rotatable bonds is 6. The molecule has 0 unspecified atom stereocenters. The number of carboxylic acid groups (broad SMARTS) is 1. The van der Waals surface area contributed by atoms with Gasteiger partial charge in [0.15, 0.2) is 0 Å². The van der Waals surface area contributed by atoms with Crippen LogP contribution in [-0.2, 0) is 6.13 Å². The van der Waals surface area contributed by atoms with Crippen LogP contribution in [0.15, 0.2) is 24.3 Å². The molecule has 1 N–H and O–H groups in total. The second-order valence-corrected chi connectivity index (χ2v) is 8.53. The molecule has 1 aromatic rings. The SMILES string of the molecule is O=C(O)c1ccccc1I(OC(C(F)(F)F)C(F)(F)F)OC(C(F)(F)F)C(F)(F)F. The molecule has 0 heterocycles. The zero-order chi connectivity index (χ0) is 23.7. The number of alkyl halides is 12. The van der Waals surface area contributed by atoms with Crippen molar-refractivity contribution in [1.82, 2.24) is 0 Å². The van der Waals surface area contributed by atoms with Gasteiger partial charge in [-0.05, 0) is 0 Å². The van der Waals surface area contributed by atoms with E-state index in [1.807, 2.05) is 0 Å². The van der Waals surface area contributed by atoms with Crippen molar-refractivity contribution in [2.24, 2.45) is 0 Å². The van der Waals surface area contributed by atoms with Crippen LogP contribution in [0.2, 0.25) is 0 Å². The van der Waals surface area contributed by atoms with Gasteiger partial charge >= 0.3 is 166 Å². The summed E-state index contributed by atoms with van der Waals surface area (Å²) < 4.78 is 159. The monoisotopic (exact) mass is 582 g/mol. The fraction of sp³-hybridized carbons (Fsp3) is 0.462. The maximum atomic E-state index is 12.7. The summed E-state index contributed by atoms with van der Waals surface area (Å²) in [4.78, 5) is 11.1. The van der Waals surface area contributed by atoms with E-state index < -0.39 is 72.7 Å². The van der Waals surface area contributed by atoms with Gasteiger partial charge in [0.2, 0.25) is 0 Å². The Balaban J connectivity index is 3.60. The van der Waals surface area contributed by atoms with E-state index >= 15 is 0 Å². The number of halogens is 13. The third-order valence-electron chi connectivity index (χ3n) is 2.80. The summed E-state index contributed by atoms with van der Waals surface area (Å²) in [6.07, 6.45) is -34.9. The van der Waals surface area contributed by atoms with Crippen LogP contribution in [0.5, 0.6) is 0 Å². The van der Waals surface area contributed by atoms with Crippen molar-refractivity contribution in [2.45, 2.75) is 36.9 Å². The van der Waals surface area contributed by atoms with Crippen molar-refractivity contribution in [3.63, 3.8) is 0 Å². The quantitative estimate of drug-likeness (QED) is 0.335. The van der Waals surface area contributed by atoms with Gasteiger partial charge < -0.3 is 0 Å². The van der Waals surface area contributed by atoms with E-state index in [1.165, 1.54) is 0 Å². The normalized spacial score (nSPS) is 14.4. The van der Waals surface area contributed by atoms with E-state index in [2.05, 4.69) is 6.13 Å². The van der Waals surface area contributed by atoms with E-state index in [0.29, 0.717) is 12.1 Å². The molecule has 1 aromatic carbocycles. The Morgan fingerprint density at radius 2 is 1.07 bits per heavy atom. The molecule has 4 nitrogen and oxygen atoms in total. The molecule has 0 saturated heterocycles. The molecular formula is C13H7F12IO4. The average Bonchev–Trinajstić information content (AvgIpc) is 2.50. The van der Waals surface area contributed by atoms with Crippen molar-refractivity contribution in [2.75, 3.05) is 0 Å². The van der Waals surface area contributed by atoms with Crippen LogP contribution in [-0.4, -0.2) is 48.0 Å². The second kappa shape index (κ2) is 8.93. The van der Waals surface area contributed by atoms with Crippen LogP contribution in [0.25, 0.3) is 0 Å². The Morgan fingerprint density at radius 1 is 0.733 bits per heavy atom. The van der Waals surface area contributed by atoms with Crippen LogP contribution in [0.4, 0.5) is 52.7 Å². The number of benzene rings is 1. The van der Waals surface area contributed by atoms with Crippen LogP contribution >= 0.6 is 20.6 Å². The van der Waals surface area contributed by atoms with Crippen molar-refractivity contribution in [3.8, 4) is 0 Å². The van der Waals surface area contributed by atoms with E-state index in [-0.39, 0.29) is 0 Å². The fourth-order valence-electron chi connectivity index (χ4n) is 1.62. The third-order valence-corrected chi connectivity index (χ3v) is 6.63. The van der Waals surface area contributed by atoms with Crippen molar-refractivity contribution in [1.29, 1.82) is 0 Å². The summed E-state index contributed by atoms with van der Waals surface area (Å²) in [7, 11) is 0. The molecule has 0 radical (unpaired) electrons. The summed E-state index contributed by atoms with van der Waals surface area (Å²) in [5, 5.41) is 8.95. The zero-order valence-corrected chi connectivity index (χ0v) is 15.7. The van der Waals surface area contributed by atoms with E-state index in [9.17, 15) is 57.5 Å². The second-order valence-electron chi connectivity index (χ2n) is 5.11. The Bertz CT molecular complexity index is 677. The molecule has 0 amide bonds. The molecule has 1 rings (SSSR count). The van der Waals surface area contributed by atoms with Gasteiger partial charge in [0, 0.05) is 0 Å².